The van der Waals surface area contributed by atoms with E-state index in [2.05, 4.69) is 5.10 Å². The van der Waals surface area contributed by atoms with E-state index in [4.69, 9.17) is 5.73 Å². The molecule has 2 N–H and O–H groups in total. The minimum Gasteiger partial charge on any atom is -0.396 e. The number of hydrogen-bond donors (Lipinski definition) is 1. The van der Waals surface area contributed by atoms with Gasteiger partial charge in [0.05, 0.1) is 18.4 Å². The molecule has 0 bridgehead atoms. The molecule has 7 heteroatoms. The first-order valence-electron chi connectivity index (χ1n) is 5.98. The first kappa shape index (κ1) is 12.4. The molecule has 1 fully saturated rings. The second-order valence-corrected chi connectivity index (χ2v) is 4.21. The predicted octanol–water partition coefficient (Wildman–Crippen LogP) is -0.844. The van der Waals surface area contributed by atoms with E-state index in [0.717, 1.165) is 0 Å². The third-order valence-corrected chi connectivity index (χ3v) is 3.03. The van der Waals surface area contributed by atoms with Crippen LogP contribution in [0.5, 0.6) is 0 Å². The molecule has 18 heavy (non-hydrogen) atoms. The Labute approximate surface area is 105 Å². The number of anilines is 1. The zero-order chi connectivity index (χ0) is 13.1. The van der Waals surface area contributed by atoms with Crippen LogP contribution >= 0.6 is 0 Å². The average molecular weight is 251 g/mol. The third kappa shape index (κ3) is 2.44. The molecule has 2 heterocycles. The zero-order valence-corrected chi connectivity index (χ0v) is 10.4. The summed E-state index contributed by atoms with van der Waals surface area (Å²) in [5.74, 6) is -0.841. The molecule has 98 valence electrons. The molecule has 2 rings (SSSR count). The fourth-order valence-corrected chi connectivity index (χ4v) is 1.96. The number of piperazine rings is 1. The summed E-state index contributed by atoms with van der Waals surface area (Å²) in [4.78, 5) is 26.6. The lowest BCUT2D eigenvalue weighted by Gasteiger charge is -2.33. The zero-order valence-electron chi connectivity index (χ0n) is 10.4. The molecule has 0 radical (unpaired) electrons. The van der Waals surface area contributed by atoms with E-state index in [1.54, 1.807) is 26.9 Å². The number of aromatic nitrogens is 2. The molecule has 7 nitrogen and oxygen atoms in total. The fraction of sp³-hybridized carbons (Fsp3) is 0.545. The maximum absolute atomic E-state index is 11.8. The van der Waals surface area contributed by atoms with Crippen molar-refractivity contribution in [3.8, 4) is 0 Å². The van der Waals surface area contributed by atoms with Crippen LogP contribution < -0.4 is 5.73 Å². The SMILES string of the molecule is CCN1CCN(CCn2cc(N)cn2)C(=O)C1=O. The smallest absolute Gasteiger partial charge is 0.312 e. The molecular weight excluding hydrogens is 234 g/mol. The predicted molar refractivity (Wildman–Crippen MR) is 65.5 cm³/mol. The van der Waals surface area contributed by atoms with E-state index in [1.807, 2.05) is 6.92 Å². The Morgan fingerprint density at radius 1 is 1.22 bits per heavy atom. The molecule has 1 aliphatic rings. The maximum atomic E-state index is 11.8. The molecule has 0 aromatic carbocycles. The Bertz CT molecular complexity index is 456. The van der Waals surface area contributed by atoms with Gasteiger partial charge < -0.3 is 15.5 Å². The topological polar surface area (TPSA) is 84.5 Å². The Kier molecular flexibility index (Phi) is 3.50. The quantitative estimate of drug-likeness (QED) is 0.707. The van der Waals surface area contributed by atoms with Crippen LogP contribution in [0.4, 0.5) is 5.69 Å². The molecule has 2 amide bonds. The van der Waals surface area contributed by atoms with Gasteiger partial charge >= 0.3 is 11.8 Å². The molecule has 1 aliphatic heterocycles. The molecule has 1 aromatic heterocycles. The summed E-state index contributed by atoms with van der Waals surface area (Å²) in [7, 11) is 0. The van der Waals surface area contributed by atoms with Gasteiger partial charge in [0.1, 0.15) is 0 Å². The van der Waals surface area contributed by atoms with Gasteiger partial charge in [-0.2, -0.15) is 5.10 Å². The Morgan fingerprint density at radius 3 is 2.50 bits per heavy atom. The standard InChI is InChI=1S/C11H17N5O2/c1-2-14-3-4-15(11(18)10(14)17)5-6-16-8-9(12)7-13-16/h7-8H,2-6,12H2,1H3. The minimum absolute atomic E-state index is 0.413. The molecule has 0 atom stereocenters. The fourth-order valence-electron chi connectivity index (χ4n) is 1.96. The number of nitrogens with zero attached hydrogens (tertiary/aromatic N) is 4. The number of carbonyl (C=O) groups is 2. The highest BCUT2D eigenvalue weighted by molar-refractivity contribution is 6.35. The van der Waals surface area contributed by atoms with Crippen LogP contribution in [0.1, 0.15) is 6.92 Å². The number of hydrogen-bond acceptors (Lipinski definition) is 4. The summed E-state index contributed by atoms with van der Waals surface area (Å²) >= 11 is 0. The van der Waals surface area contributed by atoms with Gasteiger partial charge in [-0.25, -0.2) is 0 Å². The van der Waals surface area contributed by atoms with Crippen molar-refractivity contribution in [3.63, 3.8) is 0 Å². The van der Waals surface area contributed by atoms with Crippen molar-refractivity contribution in [1.82, 2.24) is 19.6 Å². The molecule has 0 saturated carbocycles. The lowest BCUT2D eigenvalue weighted by Crippen LogP contribution is -2.54. The summed E-state index contributed by atoms with van der Waals surface area (Å²) < 4.78 is 1.67. The number of carbonyl (C=O) groups excluding carboxylic acids is 2. The van der Waals surface area contributed by atoms with Crippen LogP contribution in [0.3, 0.4) is 0 Å². The van der Waals surface area contributed by atoms with E-state index in [-0.39, 0.29) is 0 Å². The number of amides is 2. The van der Waals surface area contributed by atoms with Crippen molar-refractivity contribution in [2.45, 2.75) is 13.5 Å². The number of likely N-dealkylation sites (N-methyl/N-ethyl adjacent to an activating group) is 1. The van der Waals surface area contributed by atoms with Crippen molar-refractivity contribution in [2.24, 2.45) is 0 Å². The van der Waals surface area contributed by atoms with E-state index in [1.165, 1.54) is 0 Å². The van der Waals surface area contributed by atoms with E-state index < -0.39 is 11.8 Å². The molecular formula is C11H17N5O2. The molecule has 1 aromatic rings. The van der Waals surface area contributed by atoms with Gasteiger partial charge in [0, 0.05) is 32.4 Å². The van der Waals surface area contributed by atoms with Crippen molar-refractivity contribution < 1.29 is 9.59 Å². The Hall–Kier alpha value is -2.05. The average Bonchev–Trinajstić information content (AvgIpc) is 2.77. The van der Waals surface area contributed by atoms with E-state index in [9.17, 15) is 9.59 Å². The van der Waals surface area contributed by atoms with Crippen LogP contribution in [0, 0.1) is 0 Å². The summed E-state index contributed by atoms with van der Waals surface area (Å²) in [6.07, 6.45) is 3.26. The minimum atomic E-state index is -0.428. The second kappa shape index (κ2) is 5.07. The number of nitrogen functional groups attached to an aromatic ring is 1. The van der Waals surface area contributed by atoms with Gasteiger partial charge in [-0.15, -0.1) is 0 Å². The molecule has 0 unspecified atom stereocenters. The molecule has 1 saturated heterocycles. The van der Waals surface area contributed by atoms with Crippen LogP contribution in [0.2, 0.25) is 0 Å². The third-order valence-electron chi connectivity index (χ3n) is 3.03. The Balaban J connectivity index is 1.91. The van der Waals surface area contributed by atoms with E-state index >= 15 is 0 Å². The van der Waals surface area contributed by atoms with Gasteiger partial charge in [0.25, 0.3) is 0 Å². The molecule has 0 aliphatic carbocycles. The summed E-state index contributed by atoms with van der Waals surface area (Å²) in [6, 6.07) is 0. The largest absolute Gasteiger partial charge is 0.396 e. The summed E-state index contributed by atoms with van der Waals surface area (Å²) in [6.45, 7) is 4.64. The monoisotopic (exact) mass is 251 g/mol. The summed E-state index contributed by atoms with van der Waals surface area (Å²) in [5.41, 5.74) is 6.14. The van der Waals surface area contributed by atoms with Crippen LogP contribution in [0.25, 0.3) is 0 Å². The Morgan fingerprint density at radius 2 is 1.89 bits per heavy atom. The van der Waals surface area contributed by atoms with Crippen LogP contribution in [-0.4, -0.2) is 57.6 Å². The van der Waals surface area contributed by atoms with Gasteiger partial charge in [-0.05, 0) is 6.92 Å². The van der Waals surface area contributed by atoms with Gasteiger partial charge in [0.2, 0.25) is 0 Å². The highest BCUT2D eigenvalue weighted by atomic mass is 16.2. The normalized spacial score (nSPS) is 16.5. The number of nitrogens with two attached hydrogens (primary N) is 1. The van der Waals surface area contributed by atoms with Crippen molar-refractivity contribution in [2.75, 3.05) is 31.9 Å². The summed E-state index contributed by atoms with van der Waals surface area (Å²) in [5, 5.41) is 4.03. The van der Waals surface area contributed by atoms with Gasteiger partial charge in [-0.3, -0.25) is 14.3 Å². The lowest BCUT2D eigenvalue weighted by molar-refractivity contribution is -0.155. The first-order valence-corrected chi connectivity index (χ1v) is 5.98. The second-order valence-electron chi connectivity index (χ2n) is 4.21. The van der Waals surface area contributed by atoms with E-state index in [0.29, 0.717) is 38.4 Å². The first-order chi connectivity index (χ1) is 8.61. The lowest BCUT2D eigenvalue weighted by atomic mass is 10.3. The van der Waals surface area contributed by atoms with Crippen molar-refractivity contribution in [3.05, 3.63) is 12.4 Å². The van der Waals surface area contributed by atoms with Crippen molar-refractivity contribution >= 4 is 17.5 Å². The number of rotatable bonds is 4. The highest BCUT2D eigenvalue weighted by Gasteiger charge is 2.31. The van der Waals surface area contributed by atoms with Crippen molar-refractivity contribution in [1.29, 1.82) is 0 Å². The van der Waals surface area contributed by atoms with Crippen LogP contribution in [-0.2, 0) is 16.1 Å². The van der Waals surface area contributed by atoms with Crippen LogP contribution in [0.15, 0.2) is 12.4 Å². The van der Waals surface area contributed by atoms with Gasteiger partial charge in [-0.1, -0.05) is 0 Å². The molecule has 0 spiro atoms. The van der Waals surface area contributed by atoms with Gasteiger partial charge in [0.15, 0.2) is 0 Å². The maximum Gasteiger partial charge on any atom is 0.312 e. The highest BCUT2D eigenvalue weighted by Crippen LogP contribution is 2.05.